The predicted octanol–water partition coefficient (Wildman–Crippen LogP) is 3.20. The Morgan fingerprint density at radius 3 is 2.80 bits per heavy atom. The SMILES string of the molecule is Cc1cc(/C(N)=N/O)ccc1CNCc1cc(Br)cs1. The molecular formula is C14H16BrN3OS. The van der Waals surface area contributed by atoms with Crippen LogP contribution in [-0.4, -0.2) is 11.0 Å². The summed E-state index contributed by atoms with van der Waals surface area (Å²) in [6, 6.07) is 7.90. The molecule has 0 aliphatic rings. The van der Waals surface area contributed by atoms with E-state index in [2.05, 4.69) is 37.8 Å². The maximum atomic E-state index is 8.67. The highest BCUT2D eigenvalue weighted by Crippen LogP contribution is 2.19. The van der Waals surface area contributed by atoms with Crippen molar-refractivity contribution in [3.8, 4) is 0 Å². The molecule has 0 spiro atoms. The van der Waals surface area contributed by atoms with Gasteiger partial charge in [-0.05, 0) is 46.1 Å². The van der Waals surface area contributed by atoms with Gasteiger partial charge < -0.3 is 16.3 Å². The topological polar surface area (TPSA) is 70.6 Å². The van der Waals surface area contributed by atoms with Crippen molar-refractivity contribution >= 4 is 33.1 Å². The Morgan fingerprint density at radius 1 is 1.40 bits per heavy atom. The monoisotopic (exact) mass is 353 g/mol. The van der Waals surface area contributed by atoms with E-state index in [4.69, 9.17) is 10.9 Å². The molecule has 0 fully saturated rings. The summed E-state index contributed by atoms with van der Waals surface area (Å²) >= 11 is 5.18. The van der Waals surface area contributed by atoms with Crippen molar-refractivity contribution in [2.75, 3.05) is 0 Å². The molecule has 0 bridgehead atoms. The summed E-state index contributed by atoms with van der Waals surface area (Å²) < 4.78 is 1.12. The van der Waals surface area contributed by atoms with Crippen LogP contribution in [0.2, 0.25) is 0 Å². The van der Waals surface area contributed by atoms with Gasteiger partial charge in [-0.2, -0.15) is 0 Å². The second-order valence-corrected chi connectivity index (χ2v) is 6.37. The molecule has 0 atom stereocenters. The number of aryl methyl sites for hydroxylation is 1. The van der Waals surface area contributed by atoms with Gasteiger partial charge in [0.1, 0.15) is 0 Å². The van der Waals surface area contributed by atoms with Crippen LogP contribution in [0.25, 0.3) is 0 Å². The number of oxime groups is 1. The minimum absolute atomic E-state index is 0.135. The molecule has 1 aromatic heterocycles. The van der Waals surface area contributed by atoms with E-state index in [9.17, 15) is 0 Å². The van der Waals surface area contributed by atoms with Crippen molar-refractivity contribution in [2.45, 2.75) is 20.0 Å². The third-order valence-electron chi connectivity index (χ3n) is 2.98. The summed E-state index contributed by atoms with van der Waals surface area (Å²) in [5.41, 5.74) is 8.63. The Labute approximate surface area is 130 Å². The minimum Gasteiger partial charge on any atom is -0.409 e. The number of halogens is 1. The first-order chi connectivity index (χ1) is 9.60. The van der Waals surface area contributed by atoms with E-state index in [1.165, 1.54) is 10.4 Å². The van der Waals surface area contributed by atoms with Gasteiger partial charge in [0, 0.05) is 33.4 Å². The first kappa shape index (κ1) is 15.0. The van der Waals surface area contributed by atoms with E-state index in [0.717, 1.165) is 28.7 Å². The molecule has 0 saturated carbocycles. The van der Waals surface area contributed by atoms with Crippen LogP contribution in [-0.2, 0) is 13.1 Å². The number of nitrogens with zero attached hydrogens (tertiary/aromatic N) is 1. The first-order valence-corrected chi connectivity index (χ1v) is 7.78. The minimum atomic E-state index is 0.135. The lowest BCUT2D eigenvalue weighted by atomic mass is 10.0. The second-order valence-electron chi connectivity index (χ2n) is 4.46. The number of nitrogens with two attached hydrogens (primary N) is 1. The Hall–Kier alpha value is -1.37. The zero-order valence-electron chi connectivity index (χ0n) is 11.1. The van der Waals surface area contributed by atoms with Gasteiger partial charge in [0.2, 0.25) is 0 Å². The van der Waals surface area contributed by atoms with Gasteiger partial charge in [-0.25, -0.2) is 0 Å². The summed E-state index contributed by atoms with van der Waals surface area (Å²) in [4.78, 5) is 1.29. The van der Waals surface area contributed by atoms with Crippen LogP contribution in [0.15, 0.2) is 39.3 Å². The van der Waals surface area contributed by atoms with Crippen molar-refractivity contribution in [2.24, 2.45) is 10.9 Å². The van der Waals surface area contributed by atoms with E-state index in [0.29, 0.717) is 0 Å². The molecule has 0 unspecified atom stereocenters. The van der Waals surface area contributed by atoms with E-state index >= 15 is 0 Å². The van der Waals surface area contributed by atoms with Gasteiger partial charge in [-0.15, -0.1) is 11.3 Å². The summed E-state index contributed by atoms with van der Waals surface area (Å²) in [6.07, 6.45) is 0. The number of hydrogen-bond donors (Lipinski definition) is 3. The molecule has 1 heterocycles. The third-order valence-corrected chi connectivity index (χ3v) is 4.68. The number of hydrogen-bond acceptors (Lipinski definition) is 4. The zero-order chi connectivity index (χ0) is 14.5. The average Bonchev–Trinajstić information content (AvgIpc) is 2.85. The molecule has 106 valence electrons. The van der Waals surface area contributed by atoms with E-state index in [1.807, 2.05) is 25.1 Å². The van der Waals surface area contributed by atoms with Crippen molar-refractivity contribution < 1.29 is 5.21 Å². The Morgan fingerprint density at radius 2 is 2.20 bits per heavy atom. The fourth-order valence-electron chi connectivity index (χ4n) is 1.88. The molecule has 4 nitrogen and oxygen atoms in total. The van der Waals surface area contributed by atoms with Crippen LogP contribution >= 0.6 is 27.3 Å². The molecule has 6 heteroatoms. The van der Waals surface area contributed by atoms with Gasteiger partial charge in [0.05, 0.1) is 0 Å². The lowest BCUT2D eigenvalue weighted by Crippen LogP contribution is -2.15. The first-order valence-electron chi connectivity index (χ1n) is 6.11. The molecule has 0 aliphatic carbocycles. The fourth-order valence-corrected chi connectivity index (χ4v) is 3.30. The third kappa shape index (κ3) is 3.82. The van der Waals surface area contributed by atoms with E-state index in [-0.39, 0.29) is 5.84 Å². The van der Waals surface area contributed by atoms with E-state index in [1.54, 1.807) is 11.3 Å². The molecule has 0 aliphatic heterocycles. The zero-order valence-corrected chi connectivity index (χ0v) is 13.5. The highest BCUT2D eigenvalue weighted by atomic mass is 79.9. The van der Waals surface area contributed by atoms with Gasteiger partial charge in [-0.1, -0.05) is 17.3 Å². The molecular weight excluding hydrogens is 338 g/mol. The predicted molar refractivity (Wildman–Crippen MR) is 86.3 cm³/mol. The smallest absolute Gasteiger partial charge is 0.170 e. The number of benzene rings is 1. The van der Waals surface area contributed by atoms with Gasteiger partial charge in [0.15, 0.2) is 5.84 Å². The summed E-state index contributed by atoms with van der Waals surface area (Å²) in [7, 11) is 0. The number of thiophene rings is 1. The van der Waals surface area contributed by atoms with Gasteiger partial charge in [-0.3, -0.25) is 0 Å². The van der Waals surface area contributed by atoms with E-state index < -0.39 is 0 Å². The molecule has 0 saturated heterocycles. The summed E-state index contributed by atoms with van der Waals surface area (Å²) in [6.45, 7) is 3.66. The van der Waals surface area contributed by atoms with Crippen LogP contribution in [0.4, 0.5) is 0 Å². The Bertz CT molecular complexity index is 625. The standard InChI is InChI=1S/C14H16BrN3OS/c1-9-4-10(14(16)18-19)2-3-11(9)6-17-7-13-5-12(15)8-20-13/h2-5,8,17,19H,6-7H2,1H3,(H2,16,18). The molecule has 4 N–H and O–H groups in total. The molecule has 0 radical (unpaired) electrons. The molecule has 1 aromatic carbocycles. The summed E-state index contributed by atoms with van der Waals surface area (Å²) in [5, 5.41) is 17.2. The van der Waals surface area contributed by atoms with Gasteiger partial charge >= 0.3 is 0 Å². The van der Waals surface area contributed by atoms with Gasteiger partial charge in [0.25, 0.3) is 0 Å². The number of amidine groups is 1. The highest BCUT2D eigenvalue weighted by Gasteiger charge is 2.04. The summed E-state index contributed by atoms with van der Waals surface area (Å²) in [5.74, 6) is 0.135. The second kappa shape index (κ2) is 6.88. The maximum Gasteiger partial charge on any atom is 0.170 e. The van der Waals surface area contributed by atoms with Crippen LogP contribution in [0.3, 0.4) is 0 Å². The number of nitrogens with one attached hydrogen (secondary N) is 1. The Kier molecular flexibility index (Phi) is 5.17. The largest absolute Gasteiger partial charge is 0.409 e. The van der Waals surface area contributed by atoms with Crippen LogP contribution in [0.1, 0.15) is 21.6 Å². The average molecular weight is 354 g/mol. The quantitative estimate of drug-likeness (QED) is 0.334. The van der Waals surface area contributed by atoms with Crippen LogP contribution < -0.4 is 11.1 Å². The molecule has 0 amide bonds. The maximum absolute atomic E-state index is 8.67. The van der Waals surface area contributed by atoms with Crippen LogP contribution in [0, 0.1) is 6.92 Å². The normalized spacial score (nSPS) is 11.8. The lowest BCUT2D eigenvalue weighted by Gasteiger charge is -2.09. The van der Waals surface area contributed by atoms with Crippen molar-refractivity contribution in [3.05, 3.63) is 55.7 Å². The number of rotatable bonds is 5. The molecule has 2 rings (SSSR count). The van der Waals surface area contributed by atoms with Crippen molar-refractivity contribution in [1.82, 2.24) is 5.32 Å². The molecule has 20 heavy (non-hydrogen) atoms. The van der Waals surface area contributed by atoms with Crippen molar-refractivity contribution in [1.29, 1.82) is 0 Å². The van der Waals surface area contributed by atoms with Crippen LogP contribution in [0.5, 0.6) is 0 Å². The molecule has 2 aromatic rings. The Balaban J connectivity index is 1.96. The fraction of sp³-hybridized carbons (Fsp3) is 0.214. The highest BCUT2D eigenvalue weighted by molar-refractivity contribution is 9.10. The lowest BCUT2D eigenvalue weighted by molar-refractivity contribution is 0.318. The van der Waals surface area contributed by atoms with Crippen molar-refractivity contribution in [3.63, 3.8) is 0 Å².